The number of allylic oxidation sites excluding steroid dienone is 2. The summed E-state index contributed by atoms with van der Waals surface area (Å²) in [6.07, 6.45) is 5.96. The SMILES string of the molecule is Cn1c(C2=CC=CC(Cl)N2)cc2ccccc21. The zero-order chi connectivity index (χ0) is 11.8. The fraction of sp³-hybridized carbons (Fsp3) is 0.143. The first-order valence-electron chi connectivity index (χ1n) is 5.59. The average molecular weight is 245 g/mol. The number of dihydropyridines is 1. The standard InChI is InChI=1S/C14H13ClN2/c1-17-12-7-3-2-5-10(12)9-13(17)11-6-4-8-14(15)16-11/h2-9,14,16H,1H3. The lowest BCUT2D eigenvalue weighted by Gasteiger charge is -2.17. The van der Waals surface area contributed by atoms with E-state index in [1.54, 1.807) is 0 Å². The van der Waals surface area contributed by atoms with Crippen molar-refractivity contribution in [3.63, 3.8) is 0 Å². The molecule has 2 aromatic rings. The van der Waals surface area contributed by atoms with E-state index in [1.165, 1.54) is 10.9 Å². The molecule has 17 heavy (non-hydrogen) atoms. The van der Waals surface area contributed by atoms with Crippen molar-refractivity contribution in [2.24, 2.45) is 7.05 Å². The molecule has 1 aliphatic heterocycles. The molecule has 1 N–H and O–H groups in total. The van der Waals surface area contributed by atoms with E-state index in [1.807, 2.05) is 18.2 Å². The Hall–Kier alpha value is -1.67. The van der Waals surface area contributed by atoms with Crippen molar-refractivity contribution in [1.29, 1.82) is 0 Å². The van der Waals surface area contributed by atoms with Gasteiger partial charge in [0.2, 0.25) is 0 Å². The van der Waals surface area contributed by atoms with Crippen LogP contribution in [0, 0.1) is 0 Å². The van der Waals surface area contributed by atoms with Gasteiger partial charge in [-0.1, -0.05) is 35.9 Å². The van der Waals surface area contributed by atoms with Crippen LogP contribution in [0.5, 0.6) is 0 Å². The third-order valence-corrected chi connectivity index (χ3v) is 3.32. The first kappa shape index (κ1) is 10.5. The molecule has 3 heteroatoms. The Morgan fingerprint density at radius 3 is 2.88 bits per heavy atom. The van der Waals surface area contributed by atoms with Crippen molar-refractivity contribution >= 4 is 28.2 Å². The molecule has 1 atom stereocenters. The quantitative estimate of drug-likeness (QED) is 0.602. The van der Waals surface area contributed by atoms with Crippen molar-refractivity contribution in [2.45, 2.75) is 5.50 Å². The molecule has 1 unspecified atom stereocenters. The highest BCUT2D eigenvalue weighted by molar-refractivity contribution is 6.22. The molecule has 0 radical (unpaired) electrons. The maximum absolute atomic E-state index is 6.06. The van der Waals surface area contributed by atoms with Crippen LogP contribution in [0.4, 0.5) is 0 Å². The Morgan fingerprint density at radius 2 is 2.12 bits per heavy atom. The summed E-state index contributed by atoms with van der Waals surface area (Å²) >= 11 is 6.06. The van der Waals surface area contributed by atoms with Crippen LogP contribution in [-0.2, 0) is 7.05 Å². The number of rotatable bonds is 1. The minimum atomic E-state index is -0.131. The number of aryl methyl sites for hydroxylation is 1. The molecule has 0 aliphatic carbocycles. The lowest BCUT2D eigenvalue weighted by atomic mass is 10.2. The van der Waals surface area contributed by atoms with Gasteiger partial charge in [-0.25, -0.2) is 0 Å². The Labute approximate surface area is 105 Å². The van der Waals surface area contributed by atoms with Gasteiger partial charge in [-0.15, -0.1) is 0 Å². The highest BCUT2D eigenvalue weighted by Crippen LogP contribution is 2.24. The van der Waals surface area contributed by atoms with Gasteiger partial charge in [0.1, 0.15) is 5.50 Å². The number of para-hydroxylation sites is 1. The highest BCUT2D eigenvalue weighted by Gasteiger charge is 2.13. The molecule has 0 amide bonds. The van der Waals surface area contributed by atoms with Crippen LogP contribution in [0.25, 0.3) is 16.6 Å². The second-order valence-corrected chi connectivity index (χ2v) is 4.63. The molecule has 2 heterocycles. The lowest BCUT2D eigenvalue weighted by Crippen LogP contribution is -2.23. The van der Waals surface area contributed by atoms with Gasteiger partial charge in [-0.3, -0.25) is 0 Å². The van der Waals surface area contributed by atoms with Gasteiger partial charge in [0.15, 0.2) is 0 Å². The van der Waals surface area contributed by atoms with Gasteiger partial charge in [0, 0.05) is 18.0 Å². The van der Waals surface area contributed by atoms with E-state index in [9.17, 15) is 0 Å². The molecular formula is C14H13ClN2. The molecule has 1 aromatic heterocycles. The van der Waals surface area contributed by atoms with Crippen LogP contribution >= 0.6 is 11.6 Å². The first-order valence-corrected chi connectivity index (χ1v) is 6.03. The number of alkyl halides is 1. The van der Waals surface area contributed by atoms with Crippen LogP contribution in [0.15, 0.2) is 48.6 Å². The fourth-order valence-electron chi connectivity index (χ4n) is 2.20. The number of fused-ring (bicyclic) bond motifs is 1. The lowest BCUT2D eigenvalue weighted by molar-refractivity contribution is 0.875. The predicted molar refractivity (Wildman–Crippen MR) is 72.8 cm³/mol. The number of benzene rings is 1. The molecule has 3 rings (SSSR count). The van der Waals surface area contributed by atoms with E-state index in [4.69, 9.17) is 11.6 Å². The van der Waals surface area contributed by atoms with Crippen LogP contribution in [0.1, 0.15) is 5.69 Å². The Balaban J connectivity index is 2.15. The number of hydrogen-bond donors (Lipinski definition) is 1. The first-order chi connectivity index (χ1) is 8.25. The van der Waals surface area contributed by atoms with E-state index in [-0.39, 0.29) is 5.50 Å². The number of halogens is 1. The molecule has 0 saturated carbocycles. The summed E-state index contributed by atoms with van der Waals surface area (Å²) in [4.78, 5) is 0. The Kier molecular flexibility index (Phi) is 2.45. The van der Waals surface area contributed by atoms with Crippen LogP contribution in [0.3, 0.4) is 0 Å². The van der Waals surface area contributed by atoms with E-state index in [2.05, 4.69) is 47.3 Å². The van der Waals surface area contributed by atoms with Crippen molar-refractivity contribution in [3.8, 4) is 0 Å². The van der Waals surface area contributed by atoms with E-state index >= 15 is 0 Å². The third kappa shape index (κ3) is 1.75. The zero-order valence-electron chi connectivity index (χ0n) is 9.52. The van der Waals surface area contributed by atoms with Gasteiger partial charge >= 0.3 is 0 Å². The summed E-state index contributed by atoms with van der Waals surface area (Å²) < 4.78 is 2.18. The van der Waals surface area contributed by atoms with Gasteiger partial charge in [0.25, 0.3) is 0 Å². The molecule has 0 bridgehead atoms. The molecule has 0 fully saturated rings. The van der Waals surface area contributed by atoms with Crippen LogP contribution in [-0.4, -0.2) is 10.1 Å². The van der Waals surface area contributed by atoms with Gasteiger partial charge in [-0.05, 0) is 24.3 Å². The largest absolute Gasteiger partial charge is 0.364 e. The van der Waals surface area contributed by atoms with E-state index in [0.29, 0.717) is 0 Å². The summed E-state index contributed by atoms with van der Waals surface area (Å²) in [6.45, 7) is 0. The number of nitrogens with zero attached hydrogens (tertiary/aromatic N) is 1. The second-order valence-electron chi connectivity index (χ2n) is 4.16. The smallest absolute Gasteiger partial charge is 0.120 e. The van der Waals surface area contributed by atoms with Crippen molar-refractivity contribution < 1.29 is 0 Å². The Morgan fingerprint density at radius 1 is 1.29 bits per heavy atom. The summed E-state index contributed by atoms with van der Waals surface area (Å²) in [7, 11) is 2.07. The summed E-state index contributed by atoms with van der Waals surface area (Å²) in [5.41, 5.74) is 3.31. The van der Waals surface area contributed by atoms with E-state index < -0.39 is 0 Å². The average Bonchev–Trinajstić information content (AvgIpc) is 2.68. The fourth-order valence-corrected chi connectivity index (χ4v) is 2.40. The molecule has 1 aliphatic rings. The minimum Gasteiger partial charge on any atom is -0.364 e. The van der Waals surface area contributed by atoms with Gasteiger partial charge in [0.05, 0.1) is 11.4 Å². The molecule has 0 saturated heterocycles. The number of aromatic nitrogens is 1. The normalized spacial score (nSPS) is 19.2. The van der Waals surface area contributed by atoms with Gasteiger partial charge in [-0.2, -0.15) is 0 Å². The molecular weight excluding hydrogens is 232 g/mol. The maximum atomic E-state index is 6.06. The molecule has 0 spiro atoms. The summed E-state index contributed by atoms with van der Waals surface area (Å²) in [5, 5.41) is 4.50. The Bertz CT molecular complexity index is 622. The molecule has 2 nitrogen and oxygen atoms in total. The molecule has 1 aromatic carbocycles. The predicted octanol–water partition coefficient (Wildman–Crippen LogP) is 3.24. The van der Waals surface area contributed by atoms with E-state index in [0.717, 1.165) is 11.4 Å². The number of nitrogens with one attached hydrogen (secondary N) is 1. The van der Waals surface area contributed by atoms with Crippen molar-refractivity contribution in [1.82, 2.24) is 9.88 Å². The maximum Gasteiger partial charge on any atom is 0.120 e. The van der Waals surface area contributed by atoms with Crippen molar-refractivity contribution in [2.75, 3.05) is 0 Å². The topological polar surface area (TPSA) is 17.0 Å². The van der Waals surface area contributed by atoms with Crippen LogP contribution in [0.2, 0.25) is 0 Å². The van der Waals surface area contributed by atoms with Gasteiger partial charge < -0.3 is 9.88 Å². The monoisotopic (exact) mass is 244 g/mol. The van der Waals surface area contributed by atoms with Crippen LogP contribution < -0.4 is 5.32 Å². The number of hydrogen-bond acceptors (Lipinski definition) is 1. The zero-order valence-corrected chi connectivity index (χ0v) is 10.3. The summed E-state index contributed by atoms with van der Waals surface area (Å²) in [6, 6.07) is 10.5. The summed E-state index contributed by atoms with van der Waals surface area (Å²) in [5.74, 6) is 0. The minimum absolute atomic E-state index is 0.131. The van der Waals surface area contributed by atoms with Crippen molar-refractivity contribution in [3.05, 3.63) is 54.3 Å². The molecule has 86 valence electrons. The second kappa shape index (κ2) is 3.97. The highest BCUT2D eigenvalue weighted by atomic mass is 35.5. The third-order valence-electron chi connectivity index (χ3n) is 3.06.